The van der Waals surface area contributed by atoms with Crippen LogP contribution < -0.4 is 9.47 Å². The van der Waals surface area contributed by atoms with E-state index in [-0.39, 0.29) is 11.5 Å². The molecule has 2 aromatic heterocycles. The van der Waals surface area contributed by atoms with Crippen molar-refractivity contribution in [3.05, 3.63) is 47.5 Å². The molecular formula is C16H9BrF6N4O2. The topological polar surface area (TPSA) is 75.8 Å². The molecule has 0 unspecified atom stereocenters. The Kier molecular flexibility index (Phi) is 5.59. The Morgan fingerprint density at radius 1 is 0.793 bits per heavy atom. The molecular weight excluding hydrogens is 474 g/mol. The second-order valence-electron chi connectivity index (χ2n) is 5.38. The van der Waals surface area contributed by atoms with E-state index in [1.165, 1.54) is 42.7 Å². The first-order valence-electron chi connectivity index (χ1n) is 7.58. The van der Waals surface area contributed by atoms with Crippen molar-refractivity contribution >= 4 is 38.0 Å². The maximum atomic E-state index is 11.9. The van der Waals surface area contributed by atoms with Crippen molar-refractivity contribution in [2.45, 2.75) is 12.7 Å². The second kappa shape index (κ2) is 7.81. The van der Waals surface area contributed by atoms with E-state index in [1.54, 1.807) is 0 Å². The van der Waals surface area contributed by atoms with Crippen LogP contribution in [0.5, 0.6) is 11.5 Å². The molecule has 6 nitrogen and oxygen atoms in total. The van der Waals surface area contributed by atoms with Crippen molar-refractivity contribution in [3.63, 3.8) is 0 Å². The molecule has 4 aromatic rings. The number of H-pyrrole nitrogens is 2. The van der Waals surface area contributed by atoms with Gasteiger partial charge in [-0.15, -0.1) is 26.3 Å². The molecule has 0 aliphatic rings. The number of imidazole rings is 2. The summed E-state index contributed by atoms with van der Waals surface area (Å²) < 4.78 is 79.1. The van der Waals surface area contributed by atoms with Gasteiger partial charge < -0.3 is 19.4 Å². The average Bonchev–Trinajstić information content (AvgIpc) is 3.16. The molecule has 0 spiro atoms. The fourth-order valence-corrected chi connectivity index (χ4v) is 2.67. The highest BCUT2D eigenvalue weighted by Gasteiger charge is 2.31. The predicted molar refractivity (Wildman–Crippen MR) is 93.3 cm³/mol. The fraction of sp³-hybridized carbons (Fsp3) is 0.125. The van der Waals surface area contributed by atoms with Crippen LogP contribution in [-0.2, 0) is 0 Å². The van der Waals surface area contributed by atoms with Crippen molar-refractivity contribution in [1.29, 1.82) is 0 Å². The van der Waals surface area contributed by atoms with Crippen LogP contribution in [0.1, 0.15) is 0 Å². The summed E-state index contributed by atoms with van der Waals surface area (Å²) in [6.07, 6.45) is -7.93. The monoisotopic (exact) mass is 482 g/mol. The maximum Gasteiger partial charge on any atom is 0.573 e. The van der Waals surface area contributed by atoms with Gasteiger partial charge >= 0.3 is 12.7 Å². The van der Waals surface area contributed by atoms with Gasteiger partial charge in [-0.1, -0.05) is 0 Å². The largest absolute Gasteiger partial charge is 0.573 e. The molecule has 0 fully saturated rings. The van der Waals surface area contributed by atoms with Crippen LogP contribution in [0.3, 0.4) is 0 Å². The molecule has 154 valence electrons. The molecule has 0 aliphatic heterocycles. The van der Waals surface area contributed by atoms with Gasteiger partial charge in [-0.25, -0.2) is 9.97 Å². The summed E-state index contributed by atoms with van der Waals surface area (Å²) in [6.45, 7) is 0. The lowest BCUT2D eigenvalue weighted by atomic mass is 10.3. The average molecular weight is 483 g/mol. The van der Waals surface area contributed by atoms with Crippen LogP contribution >= 0.6 is 15.9 Å². The van der Waals surface area contributed by atoms with Gasteiger partial charge in [0.1, 0.15) is 11.5 Å². The van der Waals surface area contributed by atoms with Crippen LogP contribution in [0.4, 0.5) is 26.3 Å². The van der Waals surface area contributed by atoms with Crippen molar-refractivity contribution in [3.8, 4) is 11.5 Å². The fourth-order valence-electron chi connectivity index (χ4n) is 2.27. The summed E-state index contributed by atoms with van der Waals surface area (Å²) in [5.74, 6) is -0.527. The van der Waals surface area contributed by atoms with E-state index in [4.69, 9.17) is 0 Å². The highest BCUT2D eigenvalue weighted by molar-refractivity contribution is 9.10. The summed E-state index contributed by atoms with van der Waals surface area (Å²) in [4.78, 5) is 13.3. The highest BCUT2D eigenvalue weighted by Crippen LogP contribution is 2.26. The van der Waals surface area contributed by atoms with Crippen molar-refractivity contribution < 1.29 is 35.8 Å². The minimum atomic E-state index is -4.68. The minimum absolute atomic E-state index is 0.255. The van der Waals surface area contributed by atoms with E-state index in [1.807, 2.05) is 0 Å². The van der Waals surface area contributed by atoms with Gasteiger partial charge in [0.25, 0.3) is 0 Å². The van der Waals surface area contributed by atoms with E-state index in [9.17, 15) is 26.3 Å². The number of ether oxygens (including phenoxy) is 2. The molecule has 2 heterocycles. The number of hydrogen-bond acceptors (Lipinski definition) is 4. The third kappa shape index (κ3) is 6.01. The van der Waals surface area contributed by atoms with Crippen LogP contribution in [0.2, 0.25) is 0 Å². The Balaban J connectivity index is 0.000000166. The Bertz CT molecular complexity index is 1120. The standard InChI is InChI=1S/C8H4BrF3N2O.C8H5F3N2O/c9-7-13-5-2-1-4(3-6(5)14-7)15-8(10,11)12;9-8(10,11)14-5-1-2-6-7(3-5)13-4-12-6/h1-3H,(H,13,14);1-4H,(H,12,13). The summed E-state index contributed by atoms with van der Waals surface area (Å²) in [7, 11) is 0. The lowest BCUT2D eigenvalue weighted by Crippen LogP contribution is -2.16. The van der Waals surface area contributed by atoms with E-state index >= 15 is 0 Å². The number of nitrogens with one attached hydrogen (secondary N) is 2. The maximum absolute atomic E-state index is 11.9. The Morgan fingerprint density at radius 3 is 1.93 bits per heavy atom. The van der Waals surface area contributed by atoms with Crippen LogP contribution in [0.25, 0.3) is 22.1 Å². The number of aromatic amines is 2. The van der Waals surface area contributed by atoms with Gasteiger partial charge in [0.2, 0.25) is 0 Å². The number of hydrogen-bond donors (Lipinski definition) is 2. The zero-order valence-corrected chi connectivity index (χ0v) is 15.5. The molecule has 13 heteroatoms. The second-order valence-corrected chi connectivity index (χ2v) is 6.13. The van der Waals surface area contributed by atoms with E-state index in [2.05, 4.69) is 45.3 Å². The Morgan fingerprint density at radius 2 is 1.34 bits per heavy atom. The van der Waals surface area contributed by atoms with Crippen molar-refractivity contribution in [1.82, 2.24) is 19.9 Å². The summed E-state index contributed by atoms with van der Waals surface area (Å²) >= 11 is 3.08. The number of aromatic nitrogens is 4. The Hall–Kier alpha value is -2.96. The van der Waals surface area contributed by atoms with Gasteiger partial charge in [0, 0.05) is 12.1 Å². The number of fused-ring (bicyclic) bond motifs is 2. The smallest absolute Gasteiger partial charge is 0.406 e. The molecule has 0 saturated heterocycles. The quantitative estimate of drug-likeness (QED) is 0.360. The zero-order chi connectivity index (χ0) is 21.2. The van der Waals surface area contributed by atoms with Gasteiger partial charge in [-0.3, -0.25) is 0 Å². The molecule has 0 radical (unpaired) electrons. The summed E-state index contributed by atoms with van der Waals surface area (Å²) in [5.41, 5.74) is 2.14. The first-order valence-corrected chi connectivity index (χ1v) is 8.38. The summed E-state index contributed by atoms with van der Waals surface area (Å²) in [6, 6.07) is 7.81. The molecule has 29 heavy (non-hydrogen) atoms. The van der Waals surface area contributed by atoms with Gasteiger partial charge in [0.05, 0.1) is 28.4 Å². The molecule has 4 rings (SSSR count). The van der Waals surface area contributed by atoms with Crippen LogP contribution in [0, 0.1) is 0 Å². The van der Waals surface area contributed by atoms with Crippen LogP contribution in [-0.4, -0.2) is 32.7 Å². The molecule has 0 atom stereocenters. The number of nitrogens with zero attached hydrogens (tertiary/aromatic N) is 2. The zero-order valence-electron chi connectivity index (χ0n) is 13.9. The number of halogens is 7. The first-order chi connectivity index (χ1) is 13.5. The molecule has 0 amide bonds. The van der Waals surface area contributed by atoms with Crippen molar-refractivity contribution in [2.24, 2.45) is 0 Å². The molecule has 2 aromatic carbocycles. The SMILES string of the molecule is FC(F)(F)Oc1ccc2nc(Br)[nH]c2c1.FC(F)(F)Oc1ccc2nc[nH]c2c1. The lowest BCUT2D eigenvalue weighted by molar-refractivity contribution is -0.275. The number of rotatable bonds is 2. The first kappa shape index (κ1) is 20.8. The lowest BCUT2D eigenvalue weighted by Gasteiger charge is -2.07. The van der Waals surface area contributed by atoms with Crippen molar-refractivity contribution in [2.75, 3.05) is 0 Å². The molecule has 0 aliphatic carbocycles. The number of benzene rings is 2. The van der Waals surface area contributed by atoms with Crippen LogP contribution in [0.15, 0.2) is 47.5 Å². The minimum Gasteiger partial charge on any atom is -0.406 e. The van der Waals surface area contributed by atoms with E-state index in [0.29, 0.717) is 26.8 Å². The molecule has 0 saturated carbocycles. The third-order valence-electron chi connectivity index (χ3n) is 3.28. The summed E-state index contributed by atoms with van der Waals surface area (Å²) in [5, 5.41) is 0. The van der Waals surface area contributed by atoms with E-state index < -0.39 is 12.7 Å². The van der Waals surface area contributed by atoms with Gasteiger partial charge in [-0.05, 0) is 40.2 Å². The van der Waals surface area contributed by atoms with Gasteiger partial charge in [0.15, 0.2) is 4.73 Å². The third-order valence-corrected chi connectivity index (χ3v) is 3.66. The number of alkyl halides is 6. The van der Waals surface area contributed by atoms with E-state index in [0.717, 1.165) is 0 Å². The highest BCUT2D eigenvalue weighted by atomic mass is 79.9. The normalized spacial score (nSPS) is 12.0. The molecule has 2 N–H and O–H groups in total. The molecule has 0 bridgehead atoms. The van der Waals surface area contributed by atoms with Gasteiger partial charge in [-0.2, -0.15) is 0 Å². The predicted octanol–water partition coefficient (Wildman–Crippen LogP) is 5.69. The Labute approximate surface area is 166 Å².